The molecular formula is C28H40BrN3O2. The van der Waals surface area contributed by atoms with Crippen LogP contribution < -0.4 is 0 Å². The molecule has 5 nitrogen and oxygen atoms in total. The van der Waals surface area contributed by atoms with Gasteiger partial charge in [-0.3, -0.25) is 14.5 Å². The van der Waals surface area contributed by atoms with Crippen molar-refractivity contribution in [2.24, 2.45) is 17.3 Å². The lowest BCUT2D eigenvalue weighted by molar-refractivity contribution is -0.131. The molecule has 1 saturated heterocycles. The normalized spacial score (nSPS) is 23.8. The van der Waals surface area contributed by atoms with E-state index in [4.69, 9.17) is 0 Å². The number of allylic oxidation sites excluding steroid dienone is 1. The van der Waals surface area contributed by atoms with Gasteiger partial charge in [0.05, 0.1) is 0 Å². The zero-order valence-electron chi connectivity index (χ0n) is 21.1. The molecule has 0 spiro atoms. The molecule has 34 heavy (non-hydrogen) atoms. The number of rotatable bonds is 9. The smallest absolute Gasteiger partial charge is 0.253 e. The minimum Gasteiger partial charge on any atom is -0.337 e. The van der Waals surface area contributed by atoms with E-state index in [9.17, 15) is 9.59 Å². The molecule has 3 aliphatic carbocycles. The molecule has 1 saturated carbocycles. The molecule has 1 aromatic carbocycles. The van der Waals surface area contributed by atoms with Crippen molar-refractivity contribution in [3.8, 4) is 0 Å². The Morgan fingerprint density at radius 1 is 1.18 bits per heavy atom. The Hall–Kier alpha value is -1.66. The van der Waals surface area contributed by atoms with Gasteiger partial charge in [-0.25, -0.2) is 0 Å². The van der Waals surface area contributed by atoms with E-state index < -0.39 is 0 Å². The fourth-order valence-electron chi connectivity index (χ4n) is 5.90. The van der Waals surface area contributed by atoms with Crippen molar-refractivity contribution in [2.45, 2.75) is 52.9 Å². The lowest BCUT2D eigenvalue weighted by Crippen LogP contribution is -2.52. The van der Waals surface area contributed by atoms with Crippen LogP contribution in [0.5, 0.6) is 0 Å². The molecule has 2 amide bonds. The maximum atomic E-state index is 13.1. The molecular weight excluding hydrogens is 490 g/mol. The van der Waals surface area contributed by atoms with E-state index in [1.807, 2.05) is 29.2 Å². The van der Waals surface area contributed by atoms with Gasteiger partial charge in [-0.05, 0) is 54.7 Å². The molecule has 5 rings (SSSR count). The zero-order chi connectivity index (χ0) is 24.3. The van der Waals surface area contributed by atoms with Crippen molar-refractivity contribution in [3.63, 3.8) is 0 Å². The van der Waals surface area contributed by atoms with Crippen molar-refractivity contribution >= 4 is 27.7 Å². The Morgan fingerprint density at radius 2 is 1.94 bits per heavy atom. The molecule has 1 aromatic rings. The highest BCUT2D eigenvalue weighted by atomic mass is 79.9. The van der Waals surface area contributed by atoms with Gasteiger partial charge in [-0.1, -0.05) is 60.8 Å². The highest BCUT2D eigenvalue weighted by molar-refractivity contribution is 9.10. The van der Waals surface area contributed by atoms with Crippen LogP contribution in [0.2, 0.25) is 0 Å². The van der Waals surface area contributed by atoms with Crippen LogP contribution in [0.25, 0.3) is 0 Å². The van der Waals surface area contributed by atoms with Crippen LogP contribution in [0.15, 0.2) is 40.4 Å². The van der Waals surface area contributed by atoms with Gasteiger partial charge < -0.3 is 9.80 Å². The summed E-state index contributed by atoms with van der Waals surface area (Å²) in [5, 5.41) is 0. The Balaban J connectivity index is 1.31. The van der Waals surface area contributed by atoms with E-state index in [1.165, 1.54) is 18.4 Å². The standard InChI is InChI=1S/C28H40BrN3O2/c1-4-5-9-26(33)32(20-22-10-11-23-19-25(22)28(23,2)3)17-14-30-12-15-31(16-13-30)27(34)21-7-6-8-24(29)18-21/h6-8,10,18,23,25H,4-5,9,11-17,19-20H2,1-3H3. The van der Waals surface area contributed by atoms with Gasteiger partial charge in [-0.15, -0.1) is 0 Å². The average Bonchev–Trinajstić information content (AvgIpc) is 2.84. The third-order valence-electron chi connectivity index (χ3n) is 8.47. The van der Waals surface area contributed by atoms with Gasteiger partial charge in [0.15, 0.2) is 0 Å². The third-order valence-corrected chi connectivity index (χ3v) is 8.96. The van der Waals surface area contributed by atoms with Crippen molar-refractivity contribution in [1.29, 1.82) is 0 Å². The highest BCUT2D eigenvalue weighted by Crippen LogP contribution is 2.59. The van der Waals surface area contributed by atoms with Crippen molar-refractivity contribution in [2.75, 3.05) is 45.8 Å². The molecule has 4 aliphatic rings. The summed E-state index contributed by atoms with van der Waals surface area (Å²) in [5.74, 6) is 1.86. The quantitative estimate of drug-likeness (QED) is 0.412. The Labute approximate surface area is 213 Å². The summed E-state index contributed by atoms with van der Waals surface area (Å²) in [5.41, 5.74) is 2.61. The van der Waals surface area contributed by atoms with E-state index >= 15 is 0 Å². The number of benzene rings is 1. The molecule has 1 aliphatic heterocycles. The van der Waals surface area contributed by atoms with Crippen molar-refractivity contribution < 1.29 is 9.59 Å². The summed E-state index contributed by atoms with van der Waals surface area (Å²) in [7, 11) is 0. The SMILES string of the molecule is CCCCC(=O)N(CCN1CCN(C(=O)c2cccc(Br)c2)CC1)CC1=CCC2CC1C2(C)C. The molecule has 2 bridgehead atoms. The van der Waals surface area contributed by atoms with E-state index in [2.05, 4.69) is 52.6 Å². The number of halogens is 1. The van der Waals surface area contributed by atoms with Crippen LogP contribution in [-0.2, 0) is 4.79 Å². The van der Waals surface area contributed by atoms with Gasteiger partial charge >= 0.3 is 0 Å². The summed E-state index contributed by atoms with van der Waals surface area (Å²) in [4.78, 5) is 32.4. The molecule has 0 N–H and O–H groups in total. The summed E-state index contributed by atoms with van der Waals surface area (Å²) < 4.78 is 0.929. The zero-order valence-corrected chi connectivity index (χ0v) is 22.6. The van der Waals surface area contributed by atoms with Gasteiger partial charge in [0, 0.05) is 62.3 Å². The lowest BCUT2D eigenvalue weighted by Gasteiger charge is -2.57. The van der Waals surface area contributed by atoms with Crippen LogP contribution in [0.3, 0.4) is 0 Å². The maximum absolute atomic E-state index is 13.1. The predicted molar refractivity (Wildman–Crippen MR) is 141 cm³/mol. The second kappa shape index (κ2) is 10.9. The number of piperazine rings is 1. The summed E-state index contributed by atoms with van der Waals surface area (Å²) >= 11 is 3.46. The molecule has 6 heteroatoms. The second-order valence-corrected chi connectivity index (χ2v) is 11.8. The fraction of sp³-hybridized carbons (Fsp3) is 0.643. The van der Waals surface area contributed by atoms with Gasteiger partial charge in [-0.2, -0.15) is 0 Å². The first-order chi connectivity index (χ1) is 16.3. The number of hydrogen-bond acceptors (Lipinski definition) is 3. The predicted octanol–water partition coefficient (Wildman–Crippen LogP) is 5.22. The summed E-state index contributed by atoms with van der Waals surface area (Å²) in [6.45, 7) is 12.6. The van der Waals surface area contributed by atoms with E-state index in [-0.39, 0.29) is 5.91 Å². The monoisotopic (exact) mass is 529 g/mol. The first-order valence-electron chi connectivity index (χ1n) is 13.0. The number of unbranched alkanes of at least 4 members (excludes halogenated alkanes) is 1. The number of fused-ring (bicyclic) bond motifs is 1. The maximum Gasteiger partial charge on any atom is 0.253 e. The van der Waals surface area contributed by atoms with Gasteiger partial charge in [0.25, 0.3) is 5.91 Å². The Kier molecular flexibility index (Phi) is 8.19. The number of amides is 2. The molecule has 0 radical (unpaired) electrons. The fourth-order valence-corrected chi connectivity index (χ4v) is 6.29. The molecule has 186 valence electrons. The van der Waals surface area contributed by atoms with Crippen LogP contribution in [-0.4, -0.2) is 72.3 Å². The van der Waals surface area contributed by atoms with Crippen molar-refractivity contribution in [3.05, 3.63) is 46.0 Å². The molecule has 2 fully saturated rings. The third kappa shape index (κ3) is 5.59. The number of carbonyl (C=O) groups is 2. The van der Waals surface area contributed by atoms with Crippen LogP contribution in [0.4, 0.5) is 0 Å². The largest absolute Gasteiger partial charge is 0.337 e. The first-order valence-corrected chi connectivity index (χ1v) is 13.8. The van der Waals surface area contributed by atoms with Crippen LogP contribution in [0, 0.1) is 17.3 Å². The highest BCUT2D eigenvalue weighted by Gasteiger charge is 2.51. The number of carbonyl (C=O) groups excluding carboxylic acids is 2. The van der Waals surface area contributed by atoms with E-state index in [1.54, 1.807) is 0 Å². The first kappa shape index (κ1) is 25.4. The Morgan fingerprint density at radius 3 is 2.59 bits per heavy atom. The van der Waals surface area contributed by atoms with E-state index in [0.29, 0.717) is 23.7 Å². The molecule has 1 heterocycles. The van der Waals surface area contributed by atoms with E-state index in [0.717, 1.165) is 74.6 Å². The molecule has 0 aromatic heterocycles. The minimum absolute atomic E-state index is 0.1000. The van der Waals surface area contributed by atoms with Gasteiger partial charge in [0.1, 0.15) is 0 Å². The minimum atomic E-state index is 0.1000. The summed E-state index contributed by atoms with van der Waals surface area (Å²) in [6, 6.07) is 7.62. The second-order valence-electron chi connectivity index (χ2n) is 10.9. The van der Waals surface area contributed by atoms with Crippen LogP contribution in [0.1, 0.15) is 63.2 Å². The lowest BCUT2D eigenvalue weighted by atomic mass is 9.49. The molecule has 2 unspecified atom stereocenters. The average molecular weight is 531 g/mol. The summed E-state index contributed by atoms with van der Waals surface area (Å²) in [6.07, 6.45) is 7.55. The number of nitrogens with zero attached hydrogens (tertiary/aromatic N) is 3. The molecule has 2 atom stereocenters. The van der Waals surface area contributed by atoms with Gasteiger partial charge in [0.2, 0.25) is 5.91 Å². The topological polar surface area (TPSA) is 43.9 Å². The Bertz CT molecular complexity index is 920. The van der Waals surface area contributed by atoms with Crippen molar-refractivity contribution in [1.82, 2.24) is 14.7 Å². The number of hydrogen-bond donors (Lipinski definition) is 0. The van der Waals surface area contributed by atoms with Crippen LogP contribution >= 0.6 is 15.9 Å².